The van der Waals surface area contributed by atoms with Crippen molar-refractivity contribution >= 4 is 5.91 Å². The summed E-state index contributed by atoms with van der Waals surface area (Å²) in [5.41, 5.74) is 1.49. The second-order valence-electron chi connectivity index (χ2n) is 7.18. The van der Waals surface area contributed by atoms with Crippen LogP contribution in [-0.2, 0) is 16.1 Å². The molecule has 4 rings (SSSR count). The second-order valence-corrected chi connectivity index (χ2v) is 7.18. The molecule has 1 amide bonds. The summed E-state index contributed by atoms with van der Waals surface area (Å²) in [4.78, 5) is 12.1. The van der Waals surface area contributed by atoms with Crippen LogP contribution in [0.5, 0.6) is 11.5 Å². The van der Waals surface area contributed by atoms with Gasteiger partial charge in [0.25, 0.3) is 0 Å². The van der Waals surface area contributed by atoms with Crippen molar-refractivity contribution in [2.24, 2.45) is 5.92 Å². The molecule has 0 spiro atoms. The van der Waals surface area contributed by atoms with E-state index in [1.54, 1.807) is 6.07 Å². The summed E-state index contributed by atoms with van der Waals surface area (Å²) in [6.45, 7) is 2.67. The van der Waals surface area contributed by atoms with Gasteiger partial charge in [0, 0.05) is 17.7 Å². The van der Waals surface area contributed by atoms with Crippen LogP contribution in [0.1, 0.15) is 38.3 Å². The molecule has 1 aromatic heterocycles. The third-order valence-electron chi connectivity index (χ3n) is 5.16. The van der Waals surface area contributed by atoms with E-state index in [-0.39, 0.29) is 32.0 Å². The van der Waals surface area contributed by atoms with Crippen LogP contribution in [0.25, 0.3) is 11.3 Å². The normalized spacial score (nSPS) is 21.2. The van der Waals surface area contributed by atoms with Crippen molar-refractivity contribution in [1.82, 2.24) is 10.5 Å². The van der Waals surface area contributed by atoms with Gasteiger partial charge in [-0.1, -0.05) is 24.9 Å². The zero-order chi connectivity index (χ0) is 18.6. The summed E-state index contributed by atoms with van der Waals surface area (Å²) < 4.78 is 21.6. The van der Waals surface area contributed by atoms with E-state index >= 15 is 0 Å². The highest BCUT2D eigenvalue weighted by atomic mass is 16.7. The van der Waals surface area contributed by atoms with Gasteiger partial charge in [-0.15, -0.1) is 0 Å². The van der Waals surface area contributed by atoms with Crippen LogP contribution in [0.3, 0.4) is 0 Å². The Kier molecular flexibility index (Phi) is 5.29. The van der Waals surface area contributed by atoms with E-state index in [1.807, 2.05) is 18.2 Å². The van der Waals surface area contributed by atoms with Gasteiger partial charge in [-0.25, -0.2) is 0 Å². The lowest BCUT2D eigenvalue weighted by atomic mass is 9.86. The number of nitrogens with one attached hydrogen (secondary N) is 1. The molecule has 0 saturated heterocycles. The first-order chi connectivity index (χ1) is 13.2. The van der Waals surface area contributed by atoms with Gasteiger partial charge in [-0.05, 0) is 37.0 Å². The standard InChI is InChI=1S/C20H24N2O5/c1-13-4-2-3-5-16(13)21-20(23)11-24-10-15-9-18(27-22-15)14-6-7-17-19(8-14)26-12-25-17/h6-9,13,16H,2-5,10-12H2,1H3,(H,21,23)/t13-,16+/m1/s1. The summed E-state index contributed by atoms with van der Waals surface area (Å²) in [6.07, 6.45) is 4.65. The largest absolute Gasteiger partial charge is 0.454 e. The van der Waals surface area contributed by atoms with Crippen LogP contribution in [0.15, 0.2) is 28.8 Å². The number of hydrogen-bond donors (Lipinski definition) is 1. The number of benzene rings is 1. The lowest BCUT2D eigenvalue weighted by Gasteiger charge is -2.29. The number of rotatable bonds is 6. The van der Waals surface area contributed by atoms with Crippen molar-refractivity contribution in [2.75, 3.05) is 13.4 Å². The average Bonchev–Trinajstić information content (AvgIpc) is 3.32. The molecule has 0 radical (unpaired) electrons. The molecule has 1 aliphatic carbocycles. The van der Waals surface area contributed by atoms with Gasteiger partial charge in [0.05, 0.1) is 6.61 Å². The first kappa shape index (κ1) is 17.9. The number of hydrogen-bond acceptors (Lipinski definition) is 6. The van der Waals surface area contributed by atoms with Gasteiger partial charge < -0.3 is 24.1 Å². The fraction of sp³-hybridized carbons (Fsp3) is 0.500. The molecule has 1 aromatic carbocycles. The smallest absolute Gasteiger partial charge is 0.246 e. The topological polar surface area (TPSA) is 82.8 Å². The van der Waals surface area contributed by atoms with E-state index in [4.69, 9.17) is 18.7 Å². The van der Waals surface area contributed by atoms with Gasteiger partial charge in [-0.3, -0.25) is 4.79 Å². The van der Waals surface area contributed by atoms with Crippen molar-refractivity contribution in [3.63, 3.8) is 0 Å². The van der Waals surface area contributed by atoms with Gasteiger partial charge >= 0.3 is 0 Å². The third-order valence-corrected chi connectivity index (χ3v) is 5.16. The first-order valence-corrected chi connectivity index (χ1v) is 9.42. The lowest BCUT2D eigenvalue weighted by molar-refractivity contribution is -0.127. The number of aromatic nitrogens is 1. The molecule has 1 saturated carbocycles. The fourth-order valence-corrected chi connectivity index (χ4v) is 3.59. The maximum absolute atomic E-state index is 12.1. The SMILES string of the molecule is C[C@@H]1CCCC[C@@H]1NC(=O)COCc1cc(-c2ccc3c(c2)OCO3)on1. The molecule has 1 aliphatic heterocycles. The molecule has 1 fully saturated rings. The van der Waals surface area contributed by atoms with Gasteiger partial charge in [0.1, 0.15) is 12.3 Å². The minimum Gasteiger partial charge on any atom is -0.454 e. The second kappa shape index (κ2) is 8.00. The molecular formula is C20H24N2O5. The Labute approximate surface area is 158 Å². The number of amides is 1. The highest BCUT2D eigenvalue weighted by Crippen LogP contribution is 2.36. The predicted molar refractivity (Wildman–Crippen MR) is 97.3 cm³/mol. The Balaban J connectivity index is 1.26. The predicted octanol–water partition coefficient (Wildman–Crippen LogP) is 3.28. The van der Waals surface area contributed by atoms with Crippen molar-refractivity contribution in [3.8, 4) is 22.8 Å². The average molecular weight is 372 g/mol. The summed E-state index contributed by atoms with van der Waals surface area (Å²) in [5, 5.41) is 7.08. The van der Waals surface area contributed by atoms with Crippen LogP contribution in [0.4, 0.5) is 0 Å². The maximum atomic E-state index is 12.1. The monoisotopic (exact) mass is 372 g/mol. The van der Waals surface area contributed by atoms with Crippen molar-refractivity contribution in [2.45, 2.75) is 45.3 Å². The molecular weight excluding hydrogens is 348 g/mol. The molecule has 27 heavy (non-hydrogen) atoms. The van der Waals surface area contributed by atoms with Gasteiger partial charge in [0.2, 0.25) is 12.7 Å². The number of fused-ring (bicyclic) bond motifs is 1. The number of nitrogens with zero attached hydrogens (tertiary/aromatic N) is 1. The van der Waals surface area contributed by atoms with Crippen LogP contribution >= 0.6 is 0 Å². The highest BCUT2D eigenvalue weighted by Gasteiger charge is 2.22. The van der Waals surface area contributed by atoms with Crippen molar-refractivity contribution in [3.05, 3.63) is 30.0 Å². The summed E-state index contributed by atoms with van der Waals surface area (Å²) in [6, 6.07) is 7.65. The quantitative estimate of drug-likeness (QED) is 0.838. The molecule has 2 heterocycles. The van der Waals surface area contributed by atoms with Crippen LogP contribution in [0.2, 0.25) is 0 Å². The number of ether oxygens (including phenoxy) is 3. The van der Waals surface area contributed by atoms with Crippen molar-refractivity contribution < 1.29 is 23.5 Å². The molecule has 7 nitrogen and oxygen atoms in total. The molecule has 0 bridgehead atoms. The van der Waals surface area contributed by atoms with Gasteiger partial charge in [0.15, 0.2) is 17.3 Å². The summed E-state index contributed by atoms with van der Waals surface area (Å²) in [5.74, 6) is 2.48. The molecule has 144 valence electrons. The highest BCUT2D eigenvalue weighted by molar-refractivity contribution is 5.77. The Hall–Kier alpha value is -2.54. The van der Waals surface area contributed by atoms with Crippen LogP contribution < -0.4 is 14.8 Å². The van der Waals surface area contributed by atoms with Crippen LogP contribution in [-0.4, -0.2) is 30.5 Å². The van der Waals surface area contributed by atoms with E-state index in [9.17, 15) is 4.79 Å². The molecule has 2 aromatic rings. The third kappa shape index (κ3) is 4.24. The number of carbonyl (C=O) groups is 1. The minimum absolute atomic E-state index is 0.0233. The molecule has 7 heteroatoms. The fourth-order valence-electron chi connectivity index (χ4n) is 3.59. The lowest BCUT2D eigenvalue weighted by Crippen LogP contribution is -2.42. The van der Waals surface area contributed by atoms with E-state index in [0.717, 1.165) is 17.7 Å². The number of carbonyl (C=O) groups excluding carboxylic acids is 1. The van der Waals surface area contributed by atoms with E-state index in [1.165, 1.54) is 19.3 Å². The summed E-state index contributed by atoms with van der Waals surface area (Å²) in [7, 11) is 0. The molecule has 0 unspecified atom stereocenters. The molecule has 1 N–H and O–H groups in total. The van der Waals surface area contributed by atoms with E-state index in [0.29, 0.717) is 23.1 Å². The van der Waals surface area contributed by atoms with E-state index in [2.05, 4.69) is 17.4 Å². The molecule has 2 atom stereocenters. The zero-order valence-electron chi connectivity index (χ0n) is 15.4. The zero-order valence-corrected chi connectivity index (χ0v) is 15.4. The van der Waals surface area contributed by atoms with E-state index < -0.39 is 0 Å². The maximum Gasteiger partial charge on any atom is 0.246 e. The Morgan fingerprint density at radius 1 is 1.22 bits per heavy atom. The minimum atomic E-state index is -0.0757. The molecule has 2 aliphatic rings. The Morgan fingerprint density at radius 3 is 2.96 bits per heavy atom. The van der Waals surface area contributed by atoms with Crippen molar-refractivity contribution in [1.29, 1.82) is 0 Å². The Bertz CT molecular complexity index is 803. The first-order valence-electron chi connectivity index (χ1n) is 9.42. The van der Waals surface area contributed by atoms with Crippen LogP contribution in [0, 0.1) is 5.92 Å². The van der Waals surface area contributed by atoms with Gasteiger partial charge in [-0.2, -0.15) is 0 Å². The summed E-state index contributed by atoms with van der Waals surface area (Å²) >= 11 is 0. The Morgan fingerprint density at radius 2 is 2.07 bits per heavy atom.